The summed E-state index contributed by atoms with van der Waals surface area (Å²) in [6, 6.07) is 11.3. The predicted molar refractivity (Wildman–Crippen MR) is 85.8 cm³/mol. The van der Waals surface area contributed by atoms with Crippen molar-refractivity contribution in [3.8, 4) is 0 Å². The van der Waals surface area contributed by atoms with E-state index < -0.39 is 0 Å². The molecule has 19 heavy (non-hydrogen) atoms. The zero-order chi connectivity index (χ0) is 13.7. The van der Waals surface area contributed by atoms with Crippen LogP contribution in [0.3, 0.4) is 0 Å². The van der Waals surface area contributed by atoms with E-state index in [1.165, 1.54) is 24.3 Å². The van der Waals surface area contributed by atoms with Gasteiger partial charge >= 0.3 is 0 Å². The highest BCUT2D eigenvalue weighted by atomic mass is 32.2. The summed E-state index contributed by atoms with van der Waals surface area (Å²) in [6.07, 6.45) is 3.40. The van der Waals surface area contributed by atoms with Crippen molar-refractivity contribution in [1.82, 2.24) is 10.2 Å². The van der Waals surface area contributed by atoms with Crippen LogP contribution in [0.4, 0.5) is 0 Å². The van der Waals surface area contributed by atoms with Crippen LogP contribution in [-0.4, -0.2) is 42.1 Å². The molecule has 0 bridgehead atoms. The topological polar surface area (TPSA) is 15.3 Å². The van der Waals surface area contributed by atoms with Gasteiger partial charge in [0.15, 0.2) is 0 Å². The minimum absolute atomic E-state index is 0.307. The fraction of sp³-hybridized carbons (Fsp3) is 0.625. The third-order valence-corrected chi connectivity index (χ3v) is 5.02. The Bertz CT molecular complexity index is 382. The fourth-order valence-electron chi connectivity index (χ4n) is 2.78. The lowest BCUT2D eigenvalue weighted by Crippen LogP contribution is -2.60. The molecule has 1 aromatic carbocycles. The Morgan fingerprint density at radius 1 is 1.37 bits per heavy atom. The van der Waals surface area contributed by atoms with Crippen LogP contribution in [0.5, 0.6) is 0 Å². The van der Waals surface area contributed by atoms with E-state index >= 15 is 0 Å². The molecule has 2 nitrogen and oxygen atoms in total. The summed E-state index contributed by atoms with van der Waals surface area (Å²) in [5.41, 5.74) is 1.72. The van der Waals surface area contributed by atoms with E-state index in [1.54, 1.807) is 0 Å². The first kappa shape index (κ1) is 14.9. The van der Waals surface area contributed by atoms with Crippen molar-refractivity contribution in [3.63, 3.8) is 0 Å². The first-order valence-electron chi connectivity index (χ1n) is 7.22. The SMILES string of the molecule is CCC1(C)CNC(c2ccccc2)CN1CCSC. The average Bonchev–Trinajstić information content (AvgIpc) is 2.47. The van der Waals surface area contributed by atoms with Gasteiger partial charge in [0.25, 0.3) is 0 Å². The Morgan fingerprint density at radius 3 is 2.74 bits per heavy atom. The van der Waals surface area contributed by atoms with E-state index in [9.17, 15) is 0 Å². The second-order valence-corrected chi connectivity index (χ2v) is 6.62. The van der Waals surface area contributed by atoms with Crippen molar-refractivity contribution in [2.45, 2.75) is 31.8 Å². The molecule has 0 saturated carbocycles. The molecular weight excluding hydrogens is 252 g/mol. The average molecular weight is 278 g/mol. The fourth-order valence-corrected chi connectivity index (χ4v) is 3.18. The van der Waals surface area contributed by atoms with E-state index in [0.29, 0.717) is 11.6 Å². The monoisotopic (exact) mass is 278 g/mol. The van der Waals surface area contributed by atoms with E-state index in [1.807, 2.05) is 11.8 Å². The quantitative estimate of drug-likeness (QED) is 0.890. The van der Waals surface area contributed by atoms with Gasteiger partial charge < -0.3 is 5.32 Å². The molecule has 1 aliphatic heterocycles. The number of nitrogens with one attached hydrogen (secondary N) is 1. The minimum atomic E-state index is 0.307. The highest BCUT2D eigenvalue weighted by Gasteiger charge is 2.36. The number of thioether (sulfide) groups is 1. The smallest absolute Gasteiger partial charge is 0.0450 e. The first-order chi connectivity index (χ1) is 9.19. The van der Waals surface area contributed by atoms with E-state index in [2.05, 4.69) is 60.7 Å². The summed E-state index contributed by atoms with van der Waals surface area (Å²) in [5.74, 6) is 1.22. The van der Waals surface area contributed by atoms with Gasteiger partial charge in [-0.2, -0.15) is 11.8 Å². The lowest BCUT2D eigenvalue weighted by atomic mass is 9.90. The lowest BCUT2D eigenvalue weighted by molar-refractivity contribution is 0.0551. The van der Waals surface area contributed by atoms with Gasteiger partial charge in [0.1, 0.15) is 0 Å². The Hall–Kier alpha value is -0.510. The Labute approximate surface area is 122 Å². The summed E-state index contributed by atoms with van der Waals surface area (Å²) >= 11 is 1.94. The van der Waals surface area contributed by atoms with Crippen molar-refractivity contribution in [2.24, 2.45) is 0 Å². The predicted octanol–water partition coefficient (Wildman–Crippen LogP) is 3.16. The molecule has 0 aromatic heterocycles. The maximum absolute atomic E-state index is 3.73. The molecule has 3 heteroatoms. The number of hydrogen-bond acceptors (Lipinski definition) is 3. The van der Waals surface area contributed by atoms with Gasteiger partial charge in [-0.1, -0.05) is 37.3 Å². The zero-order valence-corrected chi connectivity index (χ0v) is 13.2. The Morgan fingerprint density at radius 2 is 2.11 bits per heavy atom. The van der Waals surface area contributed by atoms with Gasteiger partial charge in [-0.15, -0.1) is 0 Å². The van der Waals surface area contributed by atoms with Gasteiger partial charge in [-0.05, 0) is 25.2 Å². The standard InChI is InChI=1S/C16H26N2S/c1-4-16(2)13-17-15(12-18(16)10-11-19-3)14-8-6-5-7-9-14/h5-9,15,17H,4,10-13H2,1-3H3. The van der Waals surface area contributed by atoms with Crippen LogP contribution in [0.25, 0.3) is 0 Å². The van der Waals surface area contributed by atoms with Gasteiger partial charge in [0, 0.05) is 37.0 Å². The van der Waals surface area contributed by atoms with E-state index in [4.69, 9.17) is 0 Å². The lowest BCUT2D eigenvalue weighted by Gasteiger charge is -2.48. The number of hydrogen-bond donors (Lipinski definition) is 1. The van der Waals surface area contributed by atoms with Crippen LogP contribution in [0.1, 0.15) is 31.9 Å². The molecule has 1 heterocycles. The molecule has 2 atom stereocenters. The van der Waals surface area contributed by atoms with Crippen LogP contribution in [-0.2, 0) is 0 Å². The molecule has 0 amide bonds. The molecule has 1 saturated heterocycles. The molecular formula is C16H26N2S. The molecule has 0 aliphatic carbocycles. The molecule has 1 N–H and O–H groups in total. The van der Waals surface area contributed by atoms with Gasteiger partial charge in [-0.25, -0.2) is 0 Å². The largest absolute Gasteiger partial charge is 0.307 e. The molecule has 106 valence electrons. The first-order valence-corrected chi connectivity index (χ1v) is 8.61. The summed E-state index contributed by atoms with van der Waals surface area (Å²) in [4.78, 5) is 2.68. The maximum atomic E-state index is 3.73. The summed E-state index contributed by atoms with van der Waals surface area (Å²) in [7, 11) is 0. The van der Waals surface area contributed by atoms with Crippen molar-refractivity contribution in [1.29, 1.82) is 0 Å². The molecule has 2 unspecified atom stereocenters. The summed E-state index contributed by atoms with van der Waals surface area (Å²) in [6.45, 7) is 8.08. The zero-order valence-electron chi connectivity index (χ0n) is 12.4. The van der Waals surface area contributed by atoms with Crippen LogP contribution < -0.4 is 5.32 Å². The molecule has 2 rings (SSSR count). The number of rotatable bonds is 5. The third kappa shape index (κ3) is 3.53. The number of benzene rings is 1. The van der Waals surface area contributed by atoms with Crippen molar-refractivity contribution in [2.75, 3.05) is 31.6 Å². The summed E-state index contributed by atoms with van der Waals surface area (Å²) < 4.78 is 0. The van der Waals surface area contributed by atoms with E-state index in [0.717, 1.165) is 13.1 Å². The van der Waals surface area contributed by atoms with Gasteiger partial charge in [0.2, 0.25) is 0 Å². The van der Waals surface area contributed by atoms with Gasteiger partial charge in [0.05, 0.1) is 0 Å². The highest BCUT2D eigenvalue weighted by Crippen LogP contribution is 2.28. The maximum Gasteiger partial charge on any atom is 0.0450 e. The number of nitrogens with zero attached hydrogens (tertiary/aromatic N) is 1. The van der Waals surface area contributed by atoms with Crippen molar-refractivity contribution in [3.05, 3.63) is 35.9 Å². The van der Waals surface area contributed by atoms with Crippen molar-refractivity contribution < 1.29 is 0 Å². The normalized spacial score (nSPS) is 28.5. The van der Waals surface area contributed by atoms with E-state index in [-0.39, 0.29) is 0 Å². The third-order valence-electron chi connectivity index (χ3n) is 4.42. The molecule has 1 aromatic rings. The molecule has 1 aliphatic rings. The molecule has 1 fully saturated rings. The van der Waals surface area contributed by atoms with Gasteiger partial charge in [-0.3, -0.25) is 4.90 Å². The van der Waals surface area contributed by atoms with Crippen LogP contribution >= 0.6 is 11.8 Å². The Balaban J connectivity index is 2.08. The van der Waals surface area contributed by atoms with Crippen LogP contribution in [0, 0.1) is 0 Å². The second kappa shape index (κ2) is 6.78. The molecule has 0 spiro atoms. The Kier molecular flexibility index (Phi) is 5.31. The minimum Gasteiger partial charge on any atom is -0.307 e. The van der Waals surface area contributed by atoms with Crippen LogP contribution in [0.15, 0.2) is 30.3 Å². The van der Waals surface area contributed by atoms with Crippen LogP contribution in [0.2, 0.25) is 0 Å². The second-order valence-electron chi connectivity index (χ2n) is 5.63. The van der Waals surface area contributed by atoms with Crippen molar-refractivity contribution >= 4 is 11.8 Å². The highest BCUT2D eigenvalue weighted by molar-refractivity contribution is 7.98. The summed E-state index contributed by atoms with van der Waals surface area (Å²) in [5, 5.41) is 3.73. The molecule has 0 radical (unpaired) electrons. The number of piperazine rings is 1.